The molecule has 3 aliphatic heterocycles. The Morgan fingerprint density at radius 3 is 2.13 bits per heavy atom. The van der Waals surface area contributed by atoms with Gasteiger partial charge in [-0.05, 0) is 32.6 Å². The van der Waals surface area contributed by atoms with Crippen molar-refractivity contribution in [3.05, 3.63) is 12.2 Å². The van der Waals surface area contributed by atoms with Gasteiger partial charge in [0.2, 0.25) is 5.79 Å². The molecule has 5 rings (SSSR count). The van der Waals surface area contributed by atoms with Crippen LogP contribution < -0.4 is 0 Å². The van der Waals surface area contributed by atoms with Gasteiger partial charge in [0.05, 0.1) is 6.61 Å². The number of esters is 1. The SMILES string of the molecule is C=C(C)C(=O)OC[C@]12O[C@@H]3COC4(CCCCCC4)O[C@H]3[C@@H]1OC1(CCCCCC1)O2. The largest absolute Gasteiger partial charge is 0.456 e. The summed E-state index contributed by atoms with van der Waals surface area (Å²) in [5.41, 5.74) is 0.350. The van der Waals surface area contributed by atoms with E-state index < -0.39 is 29.4 Å². The van der Waals surface area contributed by atoms with Crippen LogP contribution in [0.1, 0.15) is 84.0 Å². The number of hydrogen-bond acceptors (Lipinski definition) is 7. The van der Waals surface area contributed by atoms with Crippen molar-refractivity contribution in [2.24, 2.45) is 0 Å². The molecule has 7 heteroatoms. The minimum atomic E-state index is -1.16. The van der Waals surface area contributed by atoms with Gasteiger partial charge in [0.1, 0.15) is 24.9 Å². The summed E-state index contributed by atoms with van der Waals surface area (Å²) in [5, 5.41) is 0. The van der Waals surface area contributed by atoms with Crippen LogP contribution in [0.4, 0.5) is 0 Å². The van der Waals surface area contributed by atoms with Gasteiger partial charge >= 0.3 is 5.97 Å². The van der Waals surface area contributed by atoms with E-state index >= 15 is 0 Å². The lowest BCUT2D eigenvalue weighted by Crippen LogP contribution is -2.54. The molecular weight excluding hydrogens is 400 g/mol. The Bertz CT molecular complexity index is 690. The predicted molar refractivity (Wildman–Crippen MR) is 111 cm³/mol. The second-order valence-electron chi connectivity index (χ2n) is 10.0. The van der Waals surface area contributed by atoms with Gasteiger partial charge in [-0.25, -0.2) is 4.79 Å². The summed E-state index contributed by atoms with van der Waals surface area (Å²) in [6, 6.07) is 0. The molecule has 174 valence electrons. The van der Waals surface area contributed by atoms with E-state index in [9.17, 15) is 4.79 Å². The fourth-order valence-corrected chi connectivity index (χ4v) is 5.88. The van der Waals surface area contributed by atoms with Crippen molar-refractivity contribution in [1.82, 2.24) is 0 Å². The Hall–Kier alpha value is -0.990. The van der Waals surface area contributed by atoms with Crippen molar-refractivity contribution in [2.45, 2.75) is 120 Å². The van der Waals surface area contributed by atoms with E-state index in [0.29, 0.717) is 12.2 Å². The molecule has 0 aromatic carbocycles. The number of ether oxygens (including phenoxy) is 6. The minimum Gasteiger partial charge on any atom is -0.456 e. The highest BCUT2D eigenvalue weighted by Gasteiger charge is 2.70. The molecule has 0 aromatic rings. The first-order chi connectivity index (χ1) is 15.0. The average molecular weight is 437 g/mol. The third-order valence-electron chi connectivity index (χ3n) is 7.49. The van der Waals surface area contributed by atoms with Crippen LogP contribution in [-0.2, 0) is 33.2 Å². The third-order valence-corrected chi connectivity index (χ3v) is 7.49. The van der Waals surface area contributed by atoms with Crippen molar-refractivity contribution < 1.29 is 33.2 Å². The molecule has 0 unspecified atom stereocenters. The fraction of sp³-hybridized carbons (Fsp3) is 0.875. The molecule has 31 heavy (non-hydrogen) atoms. The lowest BCUT2D eigenvalue weighted by molar-refractivity contribution is -0.348. The van der Waals surface area contributed by atoms with Crippen LogP contribution in [0.3, 0.4) is 0 Å². The maximum atomic E-state index is 12.2. The summed E-state index contributed by atoms with van der Waals surface area (Å²) in [5.74, 6) is -2.87. The highest BCUT2D eigenvalue weighted by molar-refractivity contribution is 5.86. The van der Waals surface area contributed by atoms with Gasteiger partial charge in [0.25, 0.3) is 0 Å². The Balaban J connectivity index is 1.40. The van der Waals surface area contributed by atoms with Crippen molar-refractivity contribution in [1.29, 1.82) is 0 Å². The molecule has 0 aromatic heterocycles. The first-order valence-corrected chi connectivity index (χ1v) is 12.2. The second-order valence-corrected chi connectivity index (χ2v) is 10.0. The molecule has 3 saturated heterocycles. The molecule has 4 atom stereocenters. The van der Waals surface area contributed by atoms with E-state index in [1.165, 1.54) is 25.7 Å². The Morgan fingerprint density at radius 2 is 1.52 bits per heavy atom. The summed E-state index contributed by atoms with van der Waals surface area (Å²) >= 11 is 0. The van der Waals surface area contributed by atoms with E-state index in [-0.39, 0.29) is 18.8 Å². The molecule has 3 heterocycles. The Kier molecular flexibility index (Phi) is 5.93. The summed E-state index contributed by atoms with van der Waals surface area (Å²) in [4.78, 5) is 12.2. The highest BCUT2D eigenvalue weighted by Crippen LogP contribution is 2.53. The van der Waals surface area contributed by atoms with Crippen molar-refractivity contribution in [3.63, 3.8) is 0 Å². The van der Waals surface area contributed by atoms with Gasteiger partial charge in [0, 0.05) is 31.3 Å². The molecule has 5 fully saturated rings. The van der Waals surface area contributed by atoms with Crippen LogP contribution in [0.2, 0.25) is 0 Å². The molecule has 0 radical (unpaired) electrons. The fourth-order valence-electron chi connectivity index (χ4n) is 5.88. The molecular formula is C24H36O7. The van der Waals surface area contributed by atoms with Crippen LogP contribution in [-0.4, -0.2) is 54.9 Å². The summed E-state index contributed by atoms with van der Waals surface area (Å²) in [6.07, 6.45) is 11.5. The second kappa shape index (κ2) is 8.41. The minimum absolute atomic E-state index is 0.0333. The normalized spacial score (nSPS) is 38.8. The smallest absolute Gasteiger partial charge is 0.333 e. The monoisotopic (exact) mass is 436 g/mol. The van der Waals surface area contributed by atoms with Crippen molar-refractivity contribution in [2.75, 3.05) is 13.2 Å². The van der Waals surface area contributed by atoms with Gasteiger partial charge in [-0.2, -0.15) is 0 Å². The zero-order chi connectivity index (χ0) is 21.5. The van der Waals surface area contributed by atoms with Crippen LogP contribution in [0.25, 0.3) is 0 Å². The number of carbonyl (C=O) groups is 1. The Labute approximate surface area is 184 Å². The molecule has 0 amide bonds. The lowest BCUT2D eigenvalue weighted by Gasteiger charge is -2.43. The highest BCUT2D eigenvalue weighted by atomic mass is 16.9. The molecule has 7 nitrogen and oxygen atoms in total. The van der Waals surface area contributed by atoms with Crippen LogP contribution in [0, 0.1) is 0 Å². The van der Waals surface area contributed by atoms with Gasteiger partial charge in [0.15, 0.2) is 11.6 Å². The zero-order valence-electron chi connectivity index (χ0n) is 18.7. The number of hydrogen-bond donors (Lipinski definition) is 0. The van der Waals surface area contributed by atoms with Gasteiger partial charge in [-0.15, -0.1) is 0 Å². The Morgan fingerprint density at radius 1 is 0.903 bits per heavy atom. The number of carbonyl (C=O) groups excluding carboxylic acids is 1. The third kappa shape index (κ3) is 4.08. The quantitative estimate of drug-likeness (QED) is 0.486. The van der Waals surface area contributed by atoms with E-state index in [0.717, 1.165) is 51.4 Å². The molecule has 5 aliphatic rings. The standard InChI is InChI=1S/C24H36O7/c1-17(2)21(25)26-16-24-20(30-23(31-24)13-9-5-6-10-14-23)19-18(28-24)15-27-22(29-19)11-7-3-4-8-12-22/h18-20H,1,3-16H2,2H3/t18-,19-,20+,24-/m1/s1. The zero-order valence-corrected chi connectivity index (χ0v) is 18.7. The molecule has 0 N–H and O–H groups in total. The number of fused-ring (bicyclic) bond motifs is 3. The van der Waals surface area contributed by atoms with E-state index in [2.05, 4.69) is 6.58 Å². The molecule has 2 spiro atoms. The van der Waals surface area contributed by atoms with Gasteiger partial charge < -0.3 is 28.4 Å². The van der Waals surface area contributed by atoms with Gasteiger partial charge in [-0.3, -0.25) is 0 Å². The van der Waals surface area contributed by atoms with Gasteiger partial charge in [-0.1, -0.05) is 32.3 Å². The maximum absolute atomic E-state index is 12.2. The molecule has 0 bridgehead atoms. The average Bonchev–Trinajstić information content (AvgIpc) is 2.96. The summed E-state index contributed by atoms with van der Waals surface area (Å²) in [6.45, 7) is 5.73. The first kappa shape index (κ1) is 21.8. The van der Waals surface area contributed by atoms with Crippen LogP contribution in [0.5, 0.6) is 0 Å². The summed E-state index contributed by atoms with van der Waals surface area (Å²) < 4.78 is 38.2. The number of rotatable bonds is 3. The van der Waals surface area contributed by atoms with Crippen LogP contribution in [0.15, 0.2) is 12.2 Å². The van der Waals surface area contributed by atoms with Crippen LogP contribution >= 0.6 is 0 Å². The first-order valence-electron chi connectivity index (χ1n) is 12.2. The predicted octanol–water partition coefficient (Wildman–Crippen LogP) is 4.13. The van der Waals surface area contributed by atoms with E-state index in [1.807, 2.05) is 0 Å². The lowest BCUT2D eigenvalue weighted by atomic mass is 10.0. The van der Waals surface area contributed by atoms with Crippen molar-refractivity contribution in [3.8, 4) is 0 Å². The molecule has 2 aliphatic carbocycles. The van der Waals surface area contributed by atoms with E-state index in [1.54, 1.807) is 6.92 Å². The molecule has 2 saturated carbocycles. The topological polar surface area (TPSA) is 72.5 Å². The van der Waals surface area contributed by atoms with E-state index in [4.69, 9.17) is 28.4 Å². The van der Waals surface area contributed by atoms with Crippen molar-refractivity contribution >= 4 is 5.97 Å². The summed E-state index contributed by atoms with van der Waals surface area (Å²) in [7, 11) is 0. The maximum Gasteiger partial charge on any atom is 0.333 e.